The summed E-state index contributed by atoms with van der Waals surface area (Å²) in [7, 11) is 1.25. The van der Waals surface area contributed by atoms with Crippen LogP contribution in [-0.2, 0) is 9.53 Å². The molecule has 2 atom stereocenters. The first-order valence-corrected chi connectivity index (χ1v) is 12.0. The normalized spacial score (nSPS) is 16.7. The molecule has 0 radical (unpaired) electrons. The Morgan fingerprint density at radius 1 is 1.27 bits per heavy atom. The van der Waals surface area contributed by atoms with Crippen LogP contribution in [0.25, 0.3) is 0 Å². The third kappa shape index (κ3) is 6.15. The zero-order valence-corrected chi connectivity index (χ0v) is 21.8. The summed E-state index contributed by atoms with van der Waals surface area (Å²) in [4.78, 5) is 35.3. The predicted molar refractivity (Wildman–Crippen MR) is 138 cm³/mol. The van der Waals surface area contributed by atoms with Gasteiger partial charge in [0.05, 0.1) is 48.1 Å². The summed E-state index contributed by atoms with van der Waals surface area (Å²) in [6, 6.07) is 6.21. The number of carbonyl (C=O) groups excluding carboxylic acids is 2. The van der Waals surface area contributed by atoms with Crippen LogP contribution in [0.1, 0.15) is 31.0 Å². The molecule has 40 heavy (non-hydrogen) atoms. The Labute approximate surface area is 227 Å². The van der Waals surface area contributed by atoms with E-state index in [1.807, 2.05) is 0 Å². The van der Waals surface area contributed by atoms with E-state index in [-0.39, 0.29) is 48.3 Å². The minimum Gasteiger partial charge on any atom is -0.490 e. The molecule has 0 unspecified atom stereocenters. The van der Waals surface area contributed by atoms with Gasteiger partial charge >= 0.3 is 12.0 Å². The van der Waals surface area contributed by atoms with E-state index in [1.165, 1.54) is 25.5 Å². The van der Waals surface area contributed by atoms with E-state index in [9.17, 15) is 24.8 Å². The van der Waals surface area contributed by atoms with E-state index in [1.54, 1.807) is 32.0 Å². The number of allylic oxidation sites excluding steroid dienone is 1. The standard InChI is InChI=1S/C25H27N5O10/c1-4-37-18-7-14(23-22(24(32)36-3)13(2)27-25(33)28-23)5-6-17(18)38-11-21(31)29-26-10-15-8-19-20(40-12-39-19)9-16(15)30(34)35/h5-10,21,23,29,31H,4,11-12H2,1-3H3,(H2,27,28,33)/b26-10+/t21-,23+/m0/s1. The highest BCUT2D eigenvalue weighted by Crippen LogP contribution is 2.37. The zero-order chi connectivity index (χ0) is 28.8. The van der Waals surface area contributed by atoms with Crippen LogP contribution < -0.4 is 35.0 Å². The van der Waals surface area contributed by atoms with Crippen molar-refractivity contribution in [3.05, 3.63) is 62.8 Å². The summed E-state index contributed by atoms with van der Waals surface area (Å²) in [5, 5.41) is 30.8. The smallest absolute Gasteiger partial charge is 0.337 e. The van der Waals surface area contributed by atoms with Crippen molar-refractivity contribution in [2.45, 2.75) is 26.1 Å². The highest BCUT2D eigenvalue weighted by molar-refractivity contribution is 5.95. The third-order valence-corrected chi connectivity index (χ3v) is 5.82. The van der Waals surface area contributed by atoms with Gasteiger partial charge in [-0.25, -0.2) is 9.59 Å². The number of nitrogens with one attached hydrogen (secondary N) is 3. The Hall–Kier alpha value is -5.05. The molecule has 15 heteroatoms. The quantitative estimate of drug-likeness (QED) is 0.104. The lowest BCUT2D eigenvalue weighted by Gasteiger charge is -2.28. The number of nitrogens with zero attached hydrogens (tertiary/aromatic N) is 2. The van der Waals surface area contributed by atoms with Gasteiger partial charge in [0.25, 0.3) is 5.69 Å². The average Bonchev–Trinajstić information content (AvgIpc) is 3.38. The molecule has 4 rings (SSSR count). The van der Waals surface area contributed by atoms with Crippen LogP contribution in [0, 0.1) is 10.1 Å². The van der Waals surface area contributed by atoms with Crippen LogP contribution >= 0.6 is 0 Å². The molecule has 15 nitrogen and oxygen atoms in total. The van der Waals surface area contributed by atoms with E-state index in [0.29, 0.717) is 22.8 Å². The predicted octanol–water partition coefficient (Wildman–Crippen LogP) is 1.84. The van der Waals surface area contributed by atoms with Gasteiger partial charge in [-0.1, -0.05) is 6.07 Å². The second-order valence-corrected chi connectivity index (χ2v) is 8.44. The van der Waals surface area contributed by atoms with Crippen molar-refractivity contribution < 1.29 is 43.3 Å². The Kier molecular flexibility index (Phi) is 8.54. The number of nitro benzene ring substituents is 1. The molecule has 212 valence electrons. The summed E-state index contributed by atoms with van der Waals surface area (Å²) in [6.45, 7) is 3.35. The maximum Gasteiger partial charge on any atom is 0.337 e. The molecular weight excluding hydrogens is 530 g/mol. The minimum absolute atomic E-state index is 0.0403. The van der Waals surface area contributed by atoms with Gasteiger partial charge in [-0.15, -0.1) is 0 Å². The fourth-order valence-corrected chi connectivity index (χ4v) is 4.02. The number of hydrazone groups is 1. The number of nitro groups is 1. The molecule has 2 aliphatic rings. The van der Waals surface area contributed by atoms with Crippen LogP contribution in [0.3, 0.4) is 0 Å². The lowest BCUT2D eigenvalue weighted by molar-refractivity contribution is -0.385. The number of methoxy groups -OCH3 is 1. The summed E-state index contributed by atoms with van der Waals surface area (Å²) < 4.78 is 26.7. The highest BCUT2D eigenvalue weighted by Gasteiger charge is 2.32. The number of esters is 1. The fraction of sp³-hybridized carbons (Fsp3) is 0.320. The van der Waals surface area contributed by atoms with Gasteiger partial charge in [-0.05, 0) is 37.6 Å². The fourth-order valence-electron chi connectivity index (χ4n) is 4.02. The van der Waals surface area contributed by atoms with E-state index >= 15 is 0 Å². The summed E-state index contributed by atoms with van der Waals surface area (Å²) in [5.74, 6) is 0.589. The van der Waals surface area contributed by atoms with Crippen molar-refractivity contribution in [2.75, 3.05) is 27.1 Å². The van der Waals surface area contributed by atoms with Crippen molar-refractivity contribution in [1.82, 2.24) is 16.1 Å². The summed E-state index contributed by atoms with van der Waals surface area (Å²) >= 11 is 0. The Bertz CT molecular complexity index is 1380. The van der Waals surface area contributed by atoms with E-state index in [0.717, 1.165) is 0 Å². The molecular formula is C25H27N5O10. The molecule has 0 aliphatic carbocycles. The van der Waals surface area contributed by atoms with Crippen molar-refractivity contribution >= 4 is 23.9 Å². The molecule has 0 spiro atoms. The number of hydrogen-bond acceptors (Lipinski definition) is 12. The van der Waals surface area contributed by atoms with Gasteiger partial charge in [0.2, 0.25) is 6.79 Å². The van der Waals surface area contributed by atoms with Crippen LogP contribution in [0.4, 0.5) is 10.5 Å². The number of hydrogen-bond donors (Lipinski definition) is 4. The molecule has 0 bridgehead atoms. The number of rotatable bonds is 11. The molecule has 0 saturated carbocycles. The SMILES string of the molecule is CCOc1cc([C@H]2NC(=O)NC(C)=C2C(=O)OC)ccc1OC[C@H](O)N/N=C/c1cc2c(cc1[N+](=O)[O-])OCO2. The van der Waals surface area contributed by atoms with Gasteiger partial charge in [0.15, 0.2) is 29.2 Å². The lowest BCUT2D eigenvalue weighted by atomic mass is 9.95. The van der Waals surface area contributed by atoms with Crippen LogP contribution in [0.15, 0.2) is 46.7 Å². The van der Waals surface area contributed by atoms with Gasteiger partial charge < -0.3 is 39.4 Å². The second kappa shape index (κ2) is 12.2. The first-order valence-electron chi connectivity index (χ1n) is 12.0. The van der Waals surface area contributed by atoms with E-state index in [4.69, 9.17) is 23.7 Å². The number of fused-ring (bicyclic) bond motifs is 1. The number of urea groups is 1. The molecule has 2 amide bonds. The molecule has 0 fully saturated rings. The Morgan fingerprint density at radius 3 is 2.73 bits per heavy atom. The molecule has 2 aromatic carbocycles. The van der Waals surface area contributed by atoms with Crippen molar-refractivity contribution in [3.63, 3.8) is 0 Å². The topological polar surface area (TPSA) is 192 Å². The van der Waals surface area contributed by atoms with Crippen molar-refractivity contribution in [1.29, 1.82) is 0 Å². The van der Waals surface area contributed by atoms with E-state index in [2.05, 4.69) is 21.2 Å². The monoisotopic (exact) mass is 557 g/mol. The molecule has 0 aromatic heterocycles. The highest BCUT2D eigenvalue weighted by atomic mass is 16.7. The Balaban J connectivity index is 1.45. The van der Waals surface area contributed by atoms with Gasteiger partial charge in [-0.2, -0.15) is 5.10 Å². The molecule has 2 aliphatic heterocycles. The lowest BCUT2D eigenvalue weighted by Crippen LogP contribution is -2.45. The Morgan fingerprint density at radius 2 is 2.02 bits per heavy atom. The van der Waals surface area contributed by atoms with Gasteiger partial charge in [0, 0.05) is 5.70 Å². The van der Waals surface area contributed by atoms with E-state index < -0.39 is 29.2 Å². The van der Waals surface area contributed by atoms with Crippen LogP contribution in [-0.4, -0.2) is 61.6 Å². The summed E-state index contributed by atoms with van der Waals surface area (Å²) in [5.41, 5.74) is 3.47. The first-order chi connectivity index (χ1) is 19.2. The van der Waals surface area contributed by atoms with Gasteiger partial charge in [-0.3, -0.25) is 15.5 Å². The zero-order valence-electron chi connectivity index (χ0n) is 21.8. The molecule has 4 N–H and O–H groups in total. The third-order valence-electron chi connectivity index (χ3n) is 5.82. The van der Waals surface area contributed by atoms with Crippen LogP contribution in [0.2, 0.25) is 0 Å². The summed E-state index contributed by atoms with van der Waals surface area (Å²) in [6.07, 6.45) is -0.121. The van der Waals surface area contributed by atoms with Crippen molar-refractivity contribution in [2.24, 2.45) is 5.10 Å². The number of benzene rings is 2. The van der Waals surface area contributed by atoms with Gasteiger partial charge in [0.1, 0.15) is 6.61 Å². The second-order valence-electron chi connectivity index (χ2n) is 8.44. The average molecular weight is 558 g/mol. The minimum atomic E-state index is -1.29. The molecule has 0 saturated heterocycles. The number of aliphatic hydroxyl groups is 1. The number of carbonyl (C=O) groups is 2. The maximum atomic E-state index is 12.4. The van der Waals surface area contributed by atoms with Crippen molar-refractivity contribution in [3.8, 4) is 23.0 Å². The first kappa shape index (κ1) is 28.0. The largest absolute Gasteiger partial charge is 0.490 e. The number of aliphatic hydroxyl groups excluding tert-OH is 1. The molecule has 2 aromatic rings. The maximum absolute atomic E-state index is 12.4. The molecule has 2 heterocycles. The number of ether oxygens (including phenoxy) is 5. The van der Waals surface area contributed by atoms with Crippen LogP contribution in [0.5, 0.6) is 23.0 Å². The number of amides is 2.